The van der Waals surface area contributed by atoms with Crippen LogP contribution in [0, 0.1) is 17.8 Å². The van der Waals surface area contributed by atoms with Crippen molar-refractivity contribution in [3.05, 3.63) is 0 Å². The van der Waals surface area contributed by atoms with Crippen LogP contribution in [0.4, 0.5) is 28.8 Å². The molecule has 9 amide bonds. The zero-order chi connectivity index (χ0) is 60.5. The maximum Gasteiger partial charge on any atom is 0.410 e. The maximum absolute atomic E-state index is 15.4. The largest absolute Gasteiger partial charge is 0.444 e. The van der Waals surface area contributed by atoms with Crippen LogP contribution < -0.4 is 0 Å². The van der Waals surface area contributed by atoms with Crippen LogP contribution in [0.2, 0.25) is 0 Å². The topological polar surface area (TPSA) is 238 Å². The van der Waals surface area contributed by atoms with Crippen LogP contribution in [-0.2, 0) is 42.8 Å². The minimum absolute atomic E-state index is 0.0346. The fourth-order valence-corrected chi connectivity index (χ4v) is 9.59. The Balaban J connectivity index is 1.83. The minimum atomic E-state index is -1.03. The first kappa shape index (κ1) is 66.5. The van der Waals surface area contributed by atoms with Crippen molar-refractivity contribution < 1.29 is 71.6 Å². The van der Waals surface area contributed by atoms with Crippen molar-refractivity contribution in [2.45, 2.75) is 171 Å². The normalized spacial score (nSPS) is 19.6. The summed E-state index contributed by atoms with van der Waals surface area (Å²) in [5.74, 6) is -4.52. The van der Waals surface area contributed by atoms with Crippen LogP contribution >= 0.6 is 0 Å². The van der Waals surface area contributed by atoms with E-state index in [2.05, 4.69) is 0 Å². The second-order valence-corrected chi connectivity index (χ2v) is 27.0. The van der Waals surface area contributed by atoms with E-state index >= 15 is 14.4 Å². The highest BCUT2D eigenvalue weighted by Crippen LogP contribution is 2.26. The zero-order valence-corrected chi connectivity index (χ0v) is 51.5. The molecule has 456 valence electrons. The average Bonchev–Trinajstić information content (AvgIpc) is 3.73. The van der Waals surface area contributed by atoms with Gasteiger partial charge in [-0.25, -0.2) is 28.8 Å². The predicted molar refractivity (Wildman–Crippen MR) is 296 cm³/mol. The summed E-state index contributed by atoms with van der Waals surface area (Å²) in [5.41, 5.74) is -5.22. The SMILES string of the molecule is CCCC(C)(C)OC(=O)N1CCN(C(=O)OC(C)(C)C)CC(C(=O)N2CCN(C(=O)C3CN(C(=O)OC(C)(C)C)CCN(C(=O)OC(C)(C)C)C3)CCN(C(=O)C3CN(C(=O)OC(C)(C)C)CCN(C(=O)OC(C)(C)C)C3)CC2)C1. The van der Waals surface area contributed by atoms with Crippen LogP contribution in [0.5, 0.6) is 0 Å². The van der Waals surface area contributed by atoms with Crippen LogP contribution in [-0.4, -0.2) is 250 Å². The zero-order valence-electron chi connectivity index (χ0n) is 51.5. The lowest BCUT2D eigenvalue weighted by molar-refractivity contribution is -0.140. The maximum atomic E-state index is 15.4. The van der Waals surface area contributed by atoms with Crippen molar-refractivity contribution >= 4 is 54.3 Å². The van der Waals surface area contributed by atoms with Gasteiger partial charge in [-0.3, -0.25) is 14.4 Å². The molecule has 4 heterocycles. The Labute approximate surface area is 475 Å². The first-order valence-corrected chi connectivity index (χ1v) is 28.4. The van der Waals surface area contributed by atoms with Gasteiger partial charge in [0, 0.05) is 118 Å². The lowest BCUT2D eigenvalue weighted by Gasteiger charge is -2.33. The molecule has 0 aromatic carbocycles. The molecule has 0 radical (unpaired) electrons. The number of carbonyl (C=O) groups excluding carboxylic acids is 9. The highest BCUT2D eigenvalue weighted by atomic mass is 16.6. The monoisotopic (exact) mass is 1140 g/mol. The molecule has 0 aromatic heterocycles. The number of ether oxygens (including phenoxy) is 6. The highest BCUT2D eigenvalue weighted by molar-refractivity contribution is 5.84. The Bertz CT molecular complexity index is 2030. The smallest absolute Gasteiger partial charge is 0.410 e. The number of hydrogen-bond acceptors (Lipinski definition) is 15. The number of nitrogens with zero attached hydrogens (tertiary/aromatic N) is 9. The van der Waals surface area contributed by atoms with Crippen molar-refractivity contribution in [3.8, 4) is 0 Å². The molecule has 1 atom stereocenters. The van der Waals surface area contributed by atoms with Gasteiger partial charge in [0.1, 0.15) is 33.6 Å². The fraction of sp³-hybridized carbons (Fsp3) is 0.839. The van der Waals surface area contributed by atoms with Crippen LogP contribution in [0.15, 0.2) is 0 Å². The first-order chi connectivity index (χ1) is 36.6. The molecule has 4 aliphatic heterocycles. The molecule has 24 nitrogen and oxygen atoms in total. The summed E-state index contributed by atoms with van der Waals surface area (Å²) in [6.45, 7) is 30.5. The summed E-state index contributed by atoms with van der Waals surface area (Å²) in [4.78, 5) is 142. The summed E-state index contributed by atoms with van der Waals surface area (Å²) in [5, 5.41) is 0. The number of rotatable bonds is 6. The van der Waals surface area contributed by atoms with Crippen LogP contribution in [0.25, 0.3) is 0 Å². The van der Waals surface area contributed by atoms with E-state index < -0.39 is 106 Å². The Morgan fingerprint density at radius 2 is 0.450 bits per heavy atom. The highest BCUT2D eigenvalue weighted by Gasteiger charge is 2.43. The molecule has 0 N–H and O–H groups in total. The molecular formula is C56H97N9O15. The van der Waals surface area contributed by atoms with E-state index in [1.165, 1.54) is 44.1 Å². The molecule has 4 rings (SSSR count). The van der Waals surface area contributed by atoms with Crippen molar-refractivity contribution in [2.24, 2.45) is 17.8 Å². The van der Waals surface area contributed by atoms with E-state index in [0.717, 1.165) is 6.42 Å². The molecule has 0 aromatic rings. The quantitative estimate of drug-likeness (QED) is 0.255. The van der Waals surface area contributed by atoms with Gasteiger partial charge in [-0.05, 0) is 124 Å². The van der Waals surface area contributed by atoms with Gasteiger partial charge in [0.25, 0.3) is 0 Å². The van der Waals surface area contributed by atoms with Crippen molar-refractivity contribution in [1.29, 1.82) is 0 Å². The van der Waals surface area contributed by atoms with E-state index in [1.807, 2.05) is 20.8 Å². The molecular weight excluding hydrogens is 1040 g/mol. The Hall–Kier alpha value is -5.97. The molecule has 1 unspecified atom stereocenters. The molecule has 0 spiro atoms. The lowest BCUT2D eigenvalue weighted by Crippen LogP contribution is -2.50. The van der Waals surface area contributed by atoms with Crippen LogP contribution in [0.3, 0.4) is 0 Å². The van der Waals surface area contributed by atoms with Crippen LogP contribution in [0.1, 0.15) is 137 Å². The second kappa shape index (κ2) is 26.7. The summed E-state index contributed by atoms with van der Waals surface area (Å²) < 4.78 is 34.8. The van der Waals surface area contributed by atoms with E-state index in [9.17, 15) is 28.8 Å². The summed E-state index contributed by atoms with van der Waals surface area (Å²) in [7, 11) is 0. The molecule has 4 aliphatic rings. The van der Waals surface area contributed by atoms with Gasteiger partial charge in [-0.2, -0.15) is 0 Å². The third-order valence-corrected chi connectivity index (χ3v) is 13.2. The Morgan fingerprint density at radius 3 is 0.613 bits per heavy atom. The standard InChI is InChI=1S/C56H97N9O15/c1-19-20-56(17,18)80-50(74)65-32-31-64(49(73)79-55(14,15)16)37-41(38-65)44(68)59-25-23-57(42(66)39-33-60(45(69)75-51(2,3)4)27-28-61(34-39)46(70)76-52(5,6)7)21-22-58(24-26-59)43(67)40-35-62(47(71)77-53(8,9)10)29-30-63(36-40)48(72)78-54(11,12)13/h39-41H,19-38H2,1-18H3. The van der Waals surface area contributed by atoms with Crippen molar-refractivity contribution in [3.63, 3.8) is 0 Å². The van der Waals surface area contributed by atoms with Gasteiger partial charge in [-0.15, -0.1) is 0 Å². The lowest BCUT2D eigenvalue weighted by atomic mass is 10.0. The molecule has 0 bridgehead atoms. The minimum Gasteiger partial charge on any atom is -0.444 e. The predicted octanol–water partition coefficient (Wildman–Crippen LogP) is 6.58. The van der Waals surface area contributed by atoms with Crippen molar-refractivity contribution in [1.82, 2.24) is 44.1 Å². The summed E-state index contributed by atoms with van der Waals surface area (Å²) in [6.07, 6.45) is -2.73. The molecule has 4 fully saturated rings. The molecule has 24 heteroatoms. The fourth-order valence-electron chi connectivity index (χ4n) is 9.59. The third-order valence-electron chi connectivity index (χ3n) is 13.2. The summed E-state index contributed by atoms with van der Waals surface area (Å²) in [6, 6.07) is 0. The molecule has 0 saturated carbocycles. The number of amides is 9. The van der Waals surface area contributed by atoms with Gasteiger partial charge in [0.05, 0.1) is 17.8 Å². The van der Waals surface area contributed by atoms with E-state index in [4.69, 9.17) is 28.4 Å². The number of hydrogen-bond donors (Lipinski definition) is 0. The van der Waals surface area contributed by atoms with Gasteiger partial charge in [0.2, 0.25) is 17.7 Å². The van der Waals surface area contributed by atoms with Gasteiger partial charge < -0.3 is 72.5 Å². The third kappa shape index (κ3) is 21.5. The Kier molecular flexibility index (Phi) is 22.2. The van der Waals surface area contributed by atoms with Gasteiger partial charge in [0.15, 0.2) is 0 Å². The van der Waals surface area contributed by atoms with E-state index in [0.29, 0.717) is 6.42 Å². The van der Waals surface area contributed by atoms with Crippen molar-refractivity contribution in [2.75, 3.05) is 118 Å². The van der Waals surface area contributed by atoms with E-state index in [1.54, 1.807) is 104 Å². The van der Waals surface area contributed by atoms with Gasteiger partial charge >= 0.3 is 36.6 Å². The second-order valence-electron chi connectivity index (χ2n) is 27.0. The average molecular weight is 1140 g/mol. The Morgan fingerprint density at radius 1 is 0.287 bits per heavy atom. The van der Waals surface area contributed by atoms with E-state index in [-0.39, 0.29) is 118 Å². The first-order valence-electron chi connectivity index (χ1n) is 28.4. The molecule has 4 saturated heterocycles. The number of carbonyl (C=O) groups is 9. The summed E-state index contributed by atoms with van der Waals surface area (Å²) >= 11 is 0. The van der Waals surface area contributed by atoms with Gasteiger partial charge in [-0.1, -0.05) is 13.3 Å². The molecule has 80 heavy (non-hydrogen) atoms. The molecule has 0 aliphatic carbocycles.